The molecule has 2 aliphatic heterocycles. The van der Waals surface area contributed by atoms with Crippen molar-refractivity contribution in [2.75, 3.05) is 9.80 Å². The van der Waals surface area contributed by atoms with Crippen molar-refractivity contribution < 1.29 is 9.59 Å². The smallest absolute Gasteiger partial charge is 0.227 e. The van der Waals surface area contributed by atoms with Gasteiger partial charge in [-0.25, -0.2) is 0 Å². The number of carbonyl (C=O) groups is 2. The van der Waals surface area contributed by atoms with E-state index in [4.69, 9.17) is 0 Å². The molecule has 4 heteroatoms. The maximum atomic E-state index is 11.7. The molecule has 176 valence electrons. The zero-order chi connectivity index (χ0) is 24.3. The van der Waals surface area contributed by atoms with Crippen LogP contribution in [0.3, 0.4) is 0 Å². The van der Waals surface area contributed by atoms with Gasteiger partial charge >= 0.3 is 0 Å². The van der Waals surface area contributed by atoms with Crippen molar-refractivity contribution in [3.05, 3.63) is 59.7 Å². The number of carbonyl (C=O) groups excluding carboxylic acids is 2. The van der Waals surface area contributed by atoms with Crippen molar-refractivity contribution in [1.29, 1.82) is 0 Å². The number of anilines is 2. The number of fused-ring (bicyclic) bond motifs is 2. The molecule has 2 amide bonds. The first-order valence-electron chi connectivity index (χ1n) is 12.2. The van der Waals surface area contributed by atoms with E-state index >= 15 is 0 Å². The van der Waals surface area contributed by atoms with E-state index in [0.29, 0.717) is 12.8 Å². The number of hydrogen-bond acceptors (Lipinski definition) is 2. The fourth-order valence-corrected chi connectivity index (χ4v) is 4.04. The summed E-state index contributed by atoms with van der Waals surface area (Å²) in [6.45, 7) is 16.2. The summed E-state index contributed by atoms with van der Waals surface area (Å²) in [5, 5.41) is 0. The third kappa shape index (κ3) is 6.69. The Kier molecular flexibility index (Phi) is 11.8. The molecule has 0 N–H and O–H groups in total. The van der Waals surface area contributed by atoms with Gasteiger partial charge in [-0.3, -0.25) is 9.59 Å². The van der Waals surface area contributed by atoms with Gasteiger partial charge in [-0.2, -0.15) is 0 Å². The first-order valence-corrected chi connectivity index (χ1v) is 12.2. The average molecular weight is 439 g/mol. The van der Waals surface area contributed by atoms with Crippen LogP contribution in [0.25, 0.3) is 0 Å². The van der Waals surface area contributed by atoms with Crippen molar-refractivity contribution >= 4 is 23.2 Å². The Balaban J connectivity index is 0.000000277. The predicted octanol–water partition coefficient (Wildman–Crippen LogP) is 6.80. The Labute approximate surface area is 195 Å². The van der Waals surface area contributed by atoms with Crippen molar-refractivity contribution in [1.82, 2.24) is 0 Å². The standard InChI is InChI=1S/2C12H15NO.2C2H6/c2*1-9(2)13-11-6-4-3-5-10(11)7-8-12(13)14;2*1-2/h2*3-6,9H,7-8H2,1-2H3;2*1-2H3. The summed E-state index contributed by atoms with van der Waals surface area (Å²) in [6, 6.07) is 16.8. The first kappa shape index (κ1) is 27.4. The SMILES string of the molecule is CC.CC.CC(C)N1C(=O)CCc2ccccc21.CC(C)N1C(=O)CCc2ccccc21. The number of aryl methyl sites for hydroxylation is 2. The topological polar surface area (TPSA) is 40.6 Å². The van der Waals surface area contributed by atoms with Crippen LogP contribution in [0.1, 0.15) is 79.4 Å². The molecule has 4 rings (SSSR count). The second-order valence-electron chi connectivity index (χ2n) is 7.97. The van der Waals surface area contributed by atoms with Crippen molar-refractivity contribution in [3.63, 3.8) is 0 Å². The fourth-order valence-electron chi connectivity index (χ4n) is 4.04. The third-order valence-electron chi connectivity index (χ3n) is 5.29. The Morgan fingerprint density at radius 3 is 1.19 bits per heavy atom. The second-order valence-corrected chi connectivity index (χ2v) is 7.97. The van der Waals surface area contributed by atoms with Gasteiger partial charge in [0, 0.05) is 36.3 Å². The monoisotopic (exact) mass is 438 g/mol. The van der Waals surface area contributed by atoms with Gasteiger partial charge in [-0.05, 0) is 63.8 Å². The summed E-state index contributed by atoms with van der Waals surface area (Å²) in [4.78, 5) is 27.3. The second kappa shape index (κ2) is 13.7. The van der Waals surface area contributed by atoms with E-state index < -0.39 is 0 Å². The van der Waals surface area contributed by atoms with Crippen LogP contribution in [0.4, 0.5) is 11.4 Å². The molecule has 0 radical (unpaired) electrons. The zero-order valence-electron chi connectivity index (χ0n) is 21.3. The van der Waals surface area contributed by atoms with Crippen molar-refractivity contribution in [2.24, 2.45) is 0 Å². The molecule has 0 bridgehead atoms. The summed E-state index contributed by atoms with van der Waals surface area (Å²) in [5.74, 6) is 0.498. The van der Waals surface area contributed by atoms with E-state index in [1.54, 1.807) is 0 Å². The van der Waals surface area contributed by atoms with Gasteiger partial charge < -0.3 is 9.80 Å². The molecule has 2 aromatic rings. The molecule has 0 spiro atoms. The predicted molar refractivity (Wildman–Crippen MR) is 137 cm³/mol. The lowest BCUT2D eigenvalue weighted by Gasteiger charge is -2.32. The number of benzene rings is 2. The molecule has 4 nitrogen and oxygen atoms in total. The molecule has 0 unspecified atom stereocenters. The largest absolute Gasteiger partial charge is 0.310 e. The van der Waals surface area contributed by atoms with Crippen LogP contribution in [-0.2, 0) is 22.4 Å². The van der Waals surface area contributed by atoms with Gasteiger partial charge in [0.1, 0.15) is 0 Å². The number of hydrogen-bond donors (Lipinski definition) is 0. The van der Waals surface area contributed by atoms with E-state index in [-0.39, 0.29) is 23.9 Å². The summed E-state index contributed by atoms with van der Waals surface area (Å²) in [7, 11) is 0. The maximum absolute atomic E-state index is 11.7. The van der Waals surface area contributed by atoms with Crippen LogP contribution in [0.5, 0.6) is 0 Å². The normalized spacial score (nSPS) is 14.3. The van der Waals surface area contributed by atoms with Gasteiger partial charge in [0.2, 0.25) is 11.8 Å². The lowest BCUT2D eigenvalue weighted by atomic mass is 10.00. The quantitative estimate of drug-likeness (QED) is 0.517. The number of amides is 2. The molecule has 0 atom stereocenters. The van der Waals surface area contributed by atoms with Crippen molar-refractivity contribution in [2.45, 2.75) is 93.2 Å². The lowest BCUT2D eigenvalue weighted by Crippen LogP contribution is -2.40. The minimum Gasteiger partial charge on any atom is -0.310 e. The summed E-state index contributed by atoms with van der Waals surface area (Å²) in [5.41, 5.74) is 4.78. The molecule has 0 saturated heterocycles. The molecule has 2 aliphatic rings. The Morgan fingerprint density at radius 1 is 0.562 bits per heavy atom. The molecule has 2 aromatic carbocycles. The molecular weight excluding hydrogens is 396 g/mol. The minimum atomic E-state index is 0.249. The average Bonchev–Trinajstić information content (AvgIpc) is 2.81. The highest BCUT2D eigenvalue weighted by Gasteiger charge is 2.26. The van der Waals surface area contributed by atoms with E-state index in [9.17, 15) is 9.59 Å². The first-order chi connectivity index (χ1) is 15.4. The number of rotatable bonds is 2. The van der Waals surface area contributed by atoms with Crippen LogP contribution in [0, 0.1) is 0 Å². The minimum absolute atomic E-state index is 0.249. The fraction of sp³-hybridized carbons (Fsp3) is 0.500. The van der Waals surface area contributed by atoms with Gasteiger partial charge in [0.05, 0.1) is 0 Å². The van der Waals surface area contributed by atoms with Crippen LogP contribution in [0.15, 0.2) is 48.5 Å². The number of nitrogens with zero attached hydrogens (tertiary/aromatic N) is 2. The maximum Gasteiger partial charge on any atom is 0.227 e. The Morgan fingerprint density at radius 2 is 0.875 bits per heavy atom. The Bertz CT molecular complexity index is 787. The number of para-hydroxylation sites is 2. The molecule has 0 aliphatic carbocycles. The van der Waals surface area contributed by atoms with E-state index in [0.717, 1.165) is 24.2 Å². The highest BCUT2D eigenvalue weighted by Crippen LogP contribution is 2.29. The van der Waals surface area contributed by atoms with Gasteiger partial charge in [0.25, 0.3) is 0 Å². The molecular formula is C28H42N2O2. The van der Waals surface area contributed by atoms with Crippen LogP contribution in [0.2, 0.25) is 0 Å². The highest BCUT2D eigenvalue weighted by molar-refractivity contribution is 5.97. The molecule has 0 aromatic heterocycles. The summed E-state index contributed by atoms with van der Waals surface area (Å²) >= 11 is 0. The summed E-state index contributed by atoms with van der Waals surface area (Å²) in [6.07, 6.45) is 3.07. The van der Waals surface area contributed by atoms with E-state index in [1.165, 1.54) is 11.1 Å². The lowest BCUT2D eigenvalue weighted by molar-refractivity contribution is -0.120. The highest BCUT2D eigenvalue weighted by atomic mass is 16.2. The van der Waals surface area contributed by atoms with Crippen LogP contribution in [-0.4, -0.2) is 23.9 Å². The third-order valence-corrected chi connectivity index (χ3v) is 5.29. The molecule has 2 heterocycles. The van der Waals surface area contributed by atoms with Crippen molar-refractivity contribution in [3.8, 4) is 0 Å². The Hall–Kier alpha value is -2.62. The summed E-state index contributed by atoms with van der Waals surface area (Å²) < 4.78 is 0. The molecule has 0 saturated carbocycles. The molecule has 0 fully saturated rings. The molecule has 32 heavy (non-hydrogen) atoms. The van der Waals surface area contributed by atoms with E-state index in [1.807, 2.05) is 73.9 Å². The van der Waals surface area contributed by atoms with Gasteiger partial charge in [-0.15, -0.1) is 0 Å². The van der Waals surface area contributed by atoms with Crippen LogP contribution >= 0.6 is 0 Å². The van der Waals surface area contributed by atoms with Gasteiger partial charge in [0.15, 0.2) is 0 Å². The van der Waals surface area contributed by atoms with Gasteiger partial charge in [-0.1, -0.05) is 64.1 Å². The zero-order valence-corrected chi connectivity index (χ0v) is 21.3. The van der Waals surface area contributed by atoms with Crippen LogP contribution < -0.4 is 9.80 Å². The van der Waals surface area contributed by atoms with E-state index in [2.05, 4.69) is 39.8 Å².